The van der Waals surface area contributed by atoms with E-state index < -0.39 is 0 Å². The molecule has 0 fully saturated rings. The van der Waals surface area contributed by atoms with Gasteiger partial charge in [-0.2, -0.15) is 0 Å². The quantitative estimate of drug-likeness (QED) is 0.769. The molecular formula is C15H21NO3. The maximum atomic E-state index is 11.5. The Labute approximate surface area is 114 Å². The highest BCUT2D eigenvalue weighted by molar-refractivity contribution is 5.94. The fourth-order valence-electron chi connectivity index (χ4n) is 1.51. The van der Waals surface area contributed by atoms with Gasteiger partial charge >= 0.3 is 0 Å². The number of rotatable bonds is 7. The monoisotopic (exact) mass is 263 g/mol. The number of amides is 1. The molecule has 104 valence electrons. The zero-order valence-corrected chi connectivity index (χ0v) is 11.7. The SMILES string of the molecule is CC(=O)c1cccc(OCC(=O)NCCC(C)C)c1. The van der Waals surface area contributed by atoms with Crippen LogP contribution >= 0.6 is 0 Å². The first-order chi connectivity index (χ1) is 8.99. The van der Waals surface area contributed by atoms with E-state index in [9.17, 15) is 9.59 Å². The number of carbonyl (C=O) groups is 2. The van der Waals surface area contributed by atoms with Crippen molar-refractivity contribution in [3.63, 3.8) is 0 Å². The van der Waals surface area contributed by atoms with Gasteiger partial charge in [0.15, 0.2) is 12.4 Å². The molecule has 0 aliphatic heterocycles. The van der Waals surface area contributed by atoms with Crippen LogP contribution in [-0.4, -0.2) is 24.8 Å². The molecule has 0 radical (unpaired) electrons. The molecule has 0 unspecified atom stereocenters. The highest BCUT2D eigenvalue weighted by Crippen LogP contribution is 2.13. The third kappa shape index (κ3) is 6.04. The van der Waals surface area contributed by atoms with Gasteiger partial charge in [0.1, 0.15) is 5.75 Å². The van der Waals surface area contributed by atoms with E-state index >= 15 is 0 Å². The van der Waals surface area contributed by atoms with Crippen molar-refractivity contribution in [2.45, 2.75) is 27.2 Å². The van der Waals surface area contributed by atoms with Crippen LogP contribution in [0, 0.1) is 5.92 Å². The van der Waals surface area contributed by atoms with Crippen molar-refractivity contribution >= 4 is 11.7 Å². The number of Topliss-reactive ketones (excluding diaryl/α,β-unsaturated/α-hetero) is 1. The first-order valence-corrected chi connectivity index (χ1v) is 6.49. The molecule has 1 amide bonds. The Morgan fingerprint density at radius 2 is 2.05 bits per heavy atom. The largest absolute Gasteiger partial charge is 0.484 e. The van der Waals surface area contributed by atoms with Gasteiger partial charge < -0.3 is 10.1 Å². The number of nitrogens with one attached hydrogen (secondary N) is 1. The van der Waals surface area contributed by atoms with Crippen LogP contribution in [0.5, 0.6) is 5.75 Å². The second-order valence-corrected chi connectivity index (χ2v) is 4.91. The average molecular weight is 263 g/mol. The Kier molecular flexibility index (Phi) is 6.06. The zero-order valence-electron chi connectivity index (χ0n) is 11.7. The lowest BCUT2D eigenvalue weighted by Crippen LogP contribution is -2.30. The van der Waals surface area contributed by atoms with Crippen molar-refractivity contribution in [1.82, 2.24) is 5.32 Å². The normalized spacial score (nSPS) is 10.3. The van der Waals surface area contributed by atoms with Gasteiger partial charge in [-0.15, -0.1) is 0 Å². The summed E-state index contributed by atoms with van der Waals surface area (Å²) in [5, 5.41) is 2.79. The summed E-state index contributed by atoms with van der Waals surface area (Å²) in [5.74, 6) is 0.931. The third-order valence-corrected chi connectivity index (χ3v) is 2.65. The maximum absolute atomic E-state index is 11.5. The maximum Gasteiger partial charge on any atom is 0.257 e. The molecular weight excluding hydrogens is 242 g/mol. The van der Waals surface area contributed by atoms with Gasteiger partial charge in [0.2, 0.25) is 0 Å². The van der Waals surface area contributed by atoms with E-state index in [4.69, 9.17) is 4.74 Å². The molecule has 0 aliphatic rings. The summed E-state index contributed by atoms with van der Waals surface area (Å²) in [6.45, 7) is 6.34. The third-order valence-electron chi connectivity index (χ3n) is 2.65. The van der Waals surface area contributed by atoms with Gasteiger partial charge in [-0.25, -0.2) is 0 Å². The predicted molar refractivity (Wildman–Crippen MR) is 74.4 cm³/mol. The van der Waals surface area contributed by atoms with Gasteiger partial charge in [0.05, 0.1) is 0 Å². The van der Waals surface area contributed by atoms with Crippen molar-refractivity contribution in [3.8, 4) is 5.75 Å². The molecule has 1 N–H and O–H groups in total. The summed E-state index contributed by atoms with van der Waals surface area (Å²) in [6.07, 6.45) is 0.950. The van der Waals surface area contributed by atoms with Crippen molar-refractivity contribution in [1.29, 1.82) is 0 Å². The smallest absolute Gasteiger partial charge is 0.257 e. The summed E-state index contributed by atoms with van der Waals surface area (Å²) in [6, 6.07) is 6.83. The minimum absolute atomic E-state index is 0.0214. The molecule has 1 aromatic rings. The lowest BCUT2D eigenvalue weighted by Gasteiger charge is -2.09. The summed E-state index contributed by atoms with van der Waals surface area (Å²) in [5.41, 5.74) is 0.581. The summed E-state index contributed by atoms with van der Waals surface area (Å²) >= 11 is 0. The average Bonchev–Trinajstić information content (AvgIpc) is 2.36. The number of hydrogen-bond donors (Lipinski definition) is 1. The van der Waals surface area contributed by atoms with Crippen molar-refractivity contribution < 1.29 is 14.3 Å². The molecule has 0 aliphatic carbocycles. The van der Waals surface area contributed by atoms with E-state index in [1.807, 2.05) is 0 Å². The number of hydrogen-bond acceptors (Lipinski definition) is 3. The van der Waals surface area contributed by atoms with Crippen LogP contribution in [0.3, 0.4) is 0 Å². The molecule has 1 aromatic carbocycles. The molecule has 0 saturated carbocycles. The lowest BCUT2D eigenvalue weighted by molar-refractivity contribution is -0.123. The van der Waals surface area contributed by atoms with Crippen LogP contribution in [0.2, 0.25) is 0 Å². The number of carbonyl (C=O) groups excluding carboxylic acids is 2. The van der Waals surface area contributed by atoms with E-state index in [0.717, 1.165) is 6.42 Å². The fraction of sp³-hybridized carbons (Fsp3) is 0.467. The van der Waals surface area contributed by atoms with Crippen molar-refractivity contribution in [2.24, 2.45) is 5.92 Å². The van der Waals surface area contributed by atoms with Crippen LogP contribution in [-0.2, 0) is 4.79 Å². The molecule has 0 atom stereocenters. The van der Waals surface area contributed by atoms with Crippen molar-refractivity contribution in [3.05, 3.63) is 29.8 Å². The second kappa shape index (κ2) is 7.56. The van der Waals surface area contributed by atoms with E-state index in [1.165, 1.54) is 6.92 Å². The van der Waals surface area contributed by atoms with E-state index in [0.29, 0.717) is 23.8 Å². The molecule has 4 nitrogen and oxygen atoms in total. The van der Waals surface area contributed by atoms with Gasteiger partial charge in [-0.3, -0.25) is 9.59 Å². The molecule has 19 heavy (non-hydrogen) atoms. The highest BCUT2D eigenvalue weighted by Gasteiger charge is 2.05. The van der Waals surface area contributed by atoms with E-state index in [2.05, 4.69) is 19.2 Å². The summed E-state index contributed by atoms with van der Waals surface area (Å²) in [4.78, 5) is 22.7. The first kappa shape index (κ1) is 15.2. The van der Waals surface area contributed by atoms with Crippen LogP contribution in [0.1, 0.15) is 37.6 Å². The minimum atomic E-state index is -0.145. The zero-order chi connectivity index (χ0) is 14.3. The molecule has 0 spiro atoms. The van der Waals surface area contributed by atoms with Crippen LogP contribution in [0.4, 0.5) is 0 Å². The fourth-order valence-corrected chi connectivity index (χ4v) is 1.51. The predicted octanol–water partition coefficient (Wildman–Crippen LogP) is 2.43. The number of ether oxygens (including phenoxy) is 1. The Morgan fingerprint density at radius 3 is 2.68 bits per heavy atom. The highest BCUT2D eigenvalue weighted by atomic mass is 16.5. The molecule has 4 heteroatoms. The molecule has 0 aromatic heterocycles. The van der Waals surface area contributed by atoms with Gasteiger partial charge in [0.25, 0.3) is 5.91 Å². The second-order valence-electron chi connectivity index (χ2n) is 4.91. The Balaban J connectivity index is 2.37. The Morgan fingerprint density at radius 1 is 1.32 bits per heavy atom. The molecule has 1 rings (SSSR count). The van der Waals surface area contributed by atoms with Gasteiger partial charge in [-0.1, -0.05) is 26.0 Å². The number of benzene rings is 1. The summed E-state index contributed by atoms with van der Waals surface area (Å²) < 4.78 is 5.35. The van der Waals surface area contributed by atoms with Crippen molar-refractivity contribution in [2.75, 3.05) is 13.2 Å². The van der Waals surface area contributed by atoms with Gasteiger partial charge in [-0.05, 0) is 31.4 Å². The van der Waals surface area contributed by atoms with Crippen LogP contribution in [0.15, 0.2) is 24.3 Å². The molecule has 0 saturated heterocycles. The Hall–Kier alpha value is -1.84. The van der Waals surface area contributed by atoms with E-state index in [1.54, 1.807) is 24.3 Å². The Bertz CT molecular complexity index is 441. The standard InChI is InChI=1S/C15H21NO3/c1-11(2)7-8-16-15(18)10-19-14-6-4-5-13(9-14)12(3)17/h4-6,9,11H,7-8,10H2,1-3H3,(H,16,18). The number of ketones is 1. The van der Waals surface area contributed by atoms with Gasteiger partial charge in [0, 0.05) is 12.1 Å². The van der Waals surface area contributed by atoms with Crippen LogP contribution < -0.4 is 10.1 Å². The molecule has 0 bridgehead atoms. The topological polar surface area (TPSA) is 55.4 Å². The minimum Gasteiger partial charge on any atom is -0.484 e. The summed E-state index contributed by atoms with van der Waals surface area (Å²) in [7, 11) is 0. The lowest BCUT2D eigenvalue weighted by atomic mass is 10.1. The molecule has 0 heterocycles. The van der Waals surface area contributed by atoms with Crippen LogP contribution in [0.25, 0.3) is 0 Å². The first-order valence-electron chi connectivity index (χ1n) is 6.49. The van der Waals surface area contributed by atoms with E-state index in [-0.39, 0.29) is 18.3 Å².